The Bertz CT molecular complexity index is 401. The lowest BCUT2D eigenvalue weighted by Crippen LogP contribution is -2.60. The molecule has 0 aromatic heterocycles. The first-order chi connectivity index (χ1) is 9.69. The third-order valence-electron chi connectivity index (χ3n) is 4.47. The van der Waals surface area contributed by atoms with Crippen LogP contribution < -0.4 is 5.32 Å². The molecular formula is C16H34N2O2S. The van der Waals surface area contributed by atoms with Crippen molar-refractivity contribution < 1.29 is 8.42 Å². The maximum Gasteiger partial charge on any atom is 0.150 e. The van der Waals surface area contributed by atoms with Crippen LogP contribution in [-0.4, -0.2) is 56.5 Å². The van der Waals surface area contributed by atoms with Gasteiger partial charge in [-0.15, -0.1) is 0 Å². The standard InChI is InChI=1S/C16H34N2O2S/c1-6-9-14-13-18(10-8-11-21(19,20)7-2)15(12-17-14)16(3,4)5/h14-15,17H,6-13H2,1-5H3. The second-order valence-corrected chi connectivity index (χ2v) is 9.83. The fourth-order valence-corrected chi connectivity index (χ4v) is 4.01. The molecule has 1 fully saturated rings. The molecule has 0 spiro atoms. The van der Waals surface area contributed by atoms with E-state index in [0.29, 0.717) is 17.8 Å². The van der Waals surface area contributed by atoms with Crippen molar-refractivity contribution in [2.75, 3.05) is 31.1 Å². The molecule has 1 aliphatic heterocycles. The minimum absolute atomic E-state index is 0.216. The van der Waals surface area contributed by atoms with Crippen LogP contribution in [0.25, 0.3) is 0 Å². The maximum atomic E-state index is 11.7. The first kappa shape index (κ1) is 18.9. The highest BCUT2D eigenvalue weighted by Crippen LogP contribution is 2.27. The molecule has 1 N–H and O–H groups in total. The molecule has 1 aliphatic rings. The van der Waals surface area contributed by atoms with Gasteiger partial charge < -0.3 is 5.32 Å². The fourth-order valence-electron chi connectivity index (χ4n) is 3.16. The zero-order valence-electron chi connectivity index (χ0n) is 14.5. The molecule has 1 saturated heterocycles. The van der Waals surface area contributed by atoms with Crippen LogP contribution in [0.15, 0.2) is 0 Å². The molecule has 4 nitrogen and oxygen atoms in total. The van der Waals surface area contributed by atoms with E-state index in [9.17, 15) is 8.42 Å². The number of hydrogen-bond donors (Lipinski definition) is 1. The van der Waals surface area contributed by atoms with E-state index in [-0.39, 0.29) is 11.2 Å². The second kappa shape index (κ2) is 7.93. The summed E-state index contributed by atoms with van der Waals surface area (Å²) in [4.78, 5) is 2.52. The first-order valence-corrected chi connectivity index (χ1v) is 10.2. The highest BCUT2D eigenvalue weighted by molar-refractivity contribution is 7.91. The van der Waals surface area contributed by atoms with Crippen LogP contribution in [0.2, 0.25) is 0 Å². The molecule has 126 valence electrons. The fraction of sp³-hybridized carbons (Fsp3) is 1.00. The summed E-state index contributed by atoms with van der Waals surface area (Å²) in [6, 6.07) is 1.03. The Balaban J connectivity index is 2.62. The topological polar surface area (TPSA) is 49.4 Å². The Labute approximate surface area is 131 Å². The Morgan fingerprint density at radius 2 is 1.90 bits per heavy atom. The summed E-state index contributed by atoms with van der Waals surface area (Å²) in [5.41, 5.74) is 0.216. The zero-order chi connectivity index (χ0) is 16.1. The maximum absolute atomic E-state index is 11.7. The van der Waals surface area contributed by atoms with E-state index in [2.05, 4.69) is 37.9 Å². The van der Waals surface area contributed by atoms with Crippen LogP contribution in [0, 0.1) is 5.41 Å². The van der Waals surface area contributed by atoms with E-state index in [0.717, 1.165) is 26.1 Å². The van der Waals surface area contributed by atoms with Crippen LogP contribution in [-0.2, 0) is 9.84 Å². The molecule has 2 atom stereocenters. The number of hydrogen-bond acceptors (Lipinski definition) is 4. The minimum Gasteiger partial charge on any atom is -0.311 e. The van der Waals surface area contributed by atoms with E-state index in [1.54, 1.807) is 6.92 Å². The van der Waals surface area contributed by atoms with E-state index < -0.39 is 9.84 Å². The van der Waals surface area contributed by atoms with Gasteiger partial charge in [-0.2, -0.15) is 0 Å². The van der Waals surface area contributed by atoms with Crippen LogP contribution in [0.3, 0.4) is 0 Å². The SMILES string of the molecule is CCCC1CN(CCCS(=O)(=O)CC)C(C(C)(C)C)CN1. The largest absolute Gasteiger partial charge is 0.311 e. The third-order valence-corrected chi connectivity index (χ3v) is 6.26. The Kier molecular flexibility index (Phi) is 7.14. The van der Waals surface area contributed by atoms with Crippen molar-refractivity contribution >= 4 is 9.84 Å². The lowest BCUT2D eigenvalue weighted by atomic mass is 9.83. The quantitative estimate of drug-likeness (QED) is 0.782. The predicted molar refractivity (Wildman–Crippen MR) is 90.5 cm³/mol. The van der Waals surface area contributed by atoms with Gasteiger partial charge in [0.05, 0.1) is 5.75 Å². The molecule has 1 heterocycles. The number of rotatable bonds is 7. The van der Waals surface area contributed by atoms with Crippen molar-refractivity contribution in [2.45, 2.75) is 66.0 Å². The Morgan fingerprint density at radius 3 is 2.43 bits per heavy atom. The normalized spacial score (nSPS) is 25.2. The van der Waals surface area contributed by atoms with Crippen LogP contribution in [0.1, 0.15) is 53.9 Å². The molecule has 21 heavy (non-hydrogen) atoms. The molecule has 1 rings (SSSR count). The summed E-state index contributed by atoms with van der Waals surface area (Å²) in [5, 5.41) is 3.66. The van der Waals surface area contributed by atoms with E-state index in [1.165, 1.54) is 12.8 Å². The van der Waals surface area contributed by atoms with E-state index in [4.69, 9.17) is 0 Å². The molecular weight excluding hydrogens is 284 g/mol. The molecule has 0 aliphatic carbocycles. The van der Waals surface area contributed by atoms with Gasteiger partial charge in [0, 0.05) is 30.9 Å². The van der Waals surface area contributed by atoms with Crippen molar-refractivity contribution in [3.05, 3.63) is 0 Å². The number of nitrogens with zero attached hydrogens (tertiary/aromatic N) is 1. The molecule has 0 aromatic rings. The number of piperazine rings is 1. The second-order valence-electron chi connectivity index (χ2n) is 7.36. The summed E-state index contributed by atoms with van der Waals surface area (Å²) in [7, 11) is -2.84. The van der Waals surface area contributed by atoms with E-state index >= 15 is 0 Å². The van der Waals surface area contributed by atoms with Gasteiger partial charge in [0.15, 0.2) is 0 Å². The highest BCUT2D eigenvalue weighted by atomic mass is 32.2. The summed E-state index contributed by atoms with van der Waals surface area (Å²) < 4.78 is 23.3. The van der Waals surface area contributed by atoms with Crippen molar-refractivity contribution in [2.24, 2.45) is 5.41 Å². The van der Waals surface area contributed by atoms with Gasteiger partial charge in [0.2, 0.25) is 0 Å². The van der Waals surface area contributed by atoms with Gasteiger partial charge in [-0.05, 0) is 24.8 Å². The lowest BCUT2D eigenvalue weighted by molar-refractivity contribution is 0.0541. The van der Waals surface area contributed by atoms with Crippen molar-refractivity contribution in [3.8, 4) is 0 Å². The molecule has 0 saturated carbocycles. The molecule has 0 aromatic carbocycles. The number of nitrogens with one attached hydrogen (secondary N) is 1. The van der Waals surface area contributed by atoms with E-state index in [1.807, 2.05) is 0 Å². The summed E-state index contributed by atoms with van der Waals surface area (Å²) in [6.07, 6.45) is 3.14. The van der Waals surface area contributed by atoms with Crippen molar-refractivity contribution in [1.82, 2.24) is 10.2 Å². The summed E-state index contributed by atoms with van der Waals surface area (Å²) >= 11 is 0. The highest BCUT2D eigenvalue weighted by Gasteiger charge is 2.34. The number of sulfone groups is 1. The third kappa shape index (κ3) is 6.25. The average molecular weight is 319 g/mol. The molecule has 0 amide bonds. The van der Waals surface area contributed by atoms with Gasteiger partial charge in [-0.3, -0.25) is 4.90 Å². The molecule has 0 bridgehead atoms. The van der Waals surface area contributed by atoms with Gasteiger partial charge >= 0.3 is 0 Å². The Morgan fingerprint density at radius 1 is 1.24 bits per heavy atom. The van der Waals surface area contributed by atoms with Crippen LogP contribution in [0.5, 0.6) is 0 Å². The molecule has 5 heteroatoms. The van der Waals surface area contributed by atoms with Gasteiger partial charge in [0.1, 0.15) is 9.84 Å². The van der Waals surface area contributed by atoms with Gasteiger partial charge in [-0.25, -0.2) is 8.42 Å². The lowest BCUT2D eigenvalue weighted by Gasteiger charge is -2.46. The predicted octanol–water partition coefficient (Wildman–Crippen LogP) is 2.30. The summed E-state index contributed by atoms with van der Waals surface area (Å²) in [5.74, 6) is 0.582. The smallest absolute Gasteiger partial charge is 0.150 e. The van der Waals surface area contributed by atoms with Gasteiger partial charge in [-0.1, -0.05) is 41.0 Å². The van der Waals surface area contributed by atoms with Crippen molar-refractivity contribution in [3.63, 3.8) is 0 Å². The average Bonchev–Trinajstić information content (AvgIpc) is 2.38. The van der Waals surface area contributed by atoms with Crippen LogP contribution in [0.4, 0.5) is 0 Å². The zero-order valence-corrected chi connectivity index (χ0v) is 15.3. The summed E-state index contributed by atoms with van der Waals surface area (Å²) in [6.45, 7) is 13.7. The first-order valence-electron chi connectivity index (χ1n) is 8.37. The van der Waals surface area contributed by atoms with Crippen LogP contribution >= 0.6 is 0 Å². The monoisotopic (exact) mass is 318 g/mol. The van der Waals surface area contributed by atoms with Crippen molar-refractivity contribution in [1.29, 1.82) is 0 Å². The molecule has 2 unspecified atom stereocenters. The minimum atomic E-state index is -2.84. The molecule has 0 radical (unpaired) electrons. The Hall–Kier alpha value is -0.130. The van der Waals surface area contributed by atoms with Gasteiger partial charge in [0.25, 0.3) is 0 Å².